The van der Waals surface area contributed by atoms with Gasteiger partial charge in [0.2, 0.25) is 0 Å². The van der Waals surface area contributed by atoms with Gasteiger partial charge in [0, 0.05) is 6.92 Å². The first-order valence-electron chi connectivity index (χ1n) is 4.32. The predicted octanol–water partition coefficient (Wildman–Crippen LogP) is 0.767. The van der Waals surface area contributed by atoms with E-state index in [1.54, 1.807) is 0 Å². The summed E-state index contributed by atoms with van der Waals surface area (Å²) in [6.07, 6.45) is 0.0720. The molecule has 0 fully saturated rings. The van der Waals surface area contributed by atoms with Gasteiger partial charge in [0.1, 0.15) is 6.61 Å². The standard InChI is InChI=1S/C7H12F3NO4S/c1-3-6(4-15-5(2)12)11-16(13,14)7(8,9)10/h6,11H,3-4H2,1-2H3/t6-/m0/s1. The Morgan fingerprint density at radius 1 is 1.44 bits per heavy atom. The van der Waals surface area contributed by atoms with E-state index in [4.69, 9.17) is 0 Å². The summed E-state index contributed by atoms with van der Waals surface area (Å²) < 4.78 is 63.1. The van der Waals surface area contributed by atoms with Crippen LogP contribution < -0.4 is 4.72 Å². The summed E-state index contributed by atoms with van der Waals surface area (Å²) in [5, 5.41) is 0. The van der Waals surface area contributed by atoms with Gasteiger partial charge >= 0.3 is 21.5 Å². The summed E-state index contributed by atoms with van der Waals surface area (Å²) in [6, 6.07) is -1.09. The van der Waals surface area contributed by atoms with Gasteiger partial charge in [-0.1, -0.05) is 6.92 Å². The Morgan fingerprint density at radius 2 is 1.94 bits per heavy atom. The van der Waals surface area contributed by atoms with E-state index in [1.807, 2.05) is 0 Å². The number of rotatable bonds is 5. The van der Waals surface area contributed by atoms with Crippen LogP contribution in [0.5, 0.6) is 0 Å². The van der Waals surface area contributed by atoms with Gasteiger partial charge in [-0.2, -0.15) is 13.2 Å². The van der Waals surface area contributed by atoms with E-state index in [-0.39, 0.29) is 6.42 Å². The Labute approximate surface area is 91.0 Å². The summed E-state index contributed by atoms with van der Waals surface area (Å²) in [7, 11) is -5.40. The molecule has 0 heterocycles. The Hall–Kier alpha value is -0.830. The van der Waals surface area contributed by atoms with Crippen LogP contribution in [0.2, 0.25) is 0 Å². The van der Waals surface area contributed by atoms with E-state index in [1.165, 1.54) is 11.6 Å². The van der Waals surface area contributed by atoms with Gasteiger partial charge < -0.3 is 4.74 Å². The molecule has 0 rings (SSSR count). The average molecular weight is 263 g/mol. The number of hydrogen-bond donors (Lipinski definition) is 1. The molecule has 5 nitrogen and oxygen atoms in total. The van der Waals surface area contributed by atoms with Crippen LogP contribution in [-0.4, -0.2) is 32.5 Å². The Morgan fingerprint density at radius 3 is 2.25 bits per heavy atom. The van der Waals surface area contributed by atoms with Crippen LogP contribution >= 0.6 is 0 Å². The van der Waals surface area contributed by atoms with Crippen molar-refractivity contribution in [3.8, 4) is 0 Å². The Bertz CT molecular complexity index is 338. The van der Waals surface area contributed by atoms with Crippen LogP contribution in [0.3, 0.4) is 0 Å². The smallest absolute Gasteiger partial charge is 0.464 e. The molecule has 0 radical (unpaired) electrons. The second-order valence-corrected chi connectivity index (χ2v) is 4.68. The maximum Gasteiger partial charge on any atom is 0.511 e. The lowest BCUT2D eigenvalue weighted by Gasteiger charge is -2.17. The van der Waals surface area contributed by atoms with Gasteiger partial charge in [-0.05, 0) is 6.42 Å². The number of nitrogens with one attached hydrogen (secondary N) is 1. The highest BCUT2D eigenvalue weighted by Crippen LogP contribution is 2.22. The zero-order valence-corrected chi connectivity index (χ0v) is 9.48. The number of carbonyl (C=O) groups excluding carboxylic acids is 1. The number of ether oxygens (including phenoxy) is 1. The monoisotopic (exact) mass is 263 g/mol. The maximum atomic E-state index is 12.0. The molecule has 0 saturated carbocycles. The average Bonchev–Trinajstić information content (AvgIpc) is 2.09. The molecule has 1 N–H and O–H groups in total. The van der Waals surface area contributed by atoms with E-state index in [0.717, 1.165) is 6.92 Å². The van der Waals surface area contributed by atoms with Crippen molar-refractivity contribution in [2.75, 3.05) is 6.61 Å². The van der Waals surface area contributed by atoms with Crippen molar-refractivity contribution in [3.05, 3.63) is 0 Å². The lowest BCUT2D eigenvalue weighted by Crippen LogP contribution is -2.44. The fourth-order valence-corrected chi connectivity index (χ4v) is 1.55. The van der Waals surface area contributed by atoms with Crippen molar-refractivity contribution in [1.29, 1.82) is 0 Å². The van der Waals surface area contributed by atoms with Crippen molar-refractivity contribution < 1.29 is 31.1 Å². The highest BCUT2D eigenvalue weighted by atomic mass is 32.2. The highest BCUT2D eigenvalue weighted by molar-refractivity contribution is 7.90. The van der Waals surface area contributed by atoms with Crippen molar-refractivity contribution in [1.82, 2.24) is 4.72 Å². The molecule has 0 bridgehead atoms. The Balaban J connectivity index is 4.50. The first-order valence-corrected chi connectivity index (χ1v) is 5.80. The third-order valence-electron chi connectivity index (χ3n) is 1.61. The van der Waals surface area contributed by atoms with Gasteiger partial charge in [-0.15, -0.1) is 0 Å². The van der Waals surface area contributed by atoms with Gasteiger partial charge in [-0.3, -0.25) is 4.79 Å². The zero-order valence-electron chi connectivity index (χ0n) is 8.67. The van der Waals surface area contributed by atoms with Crippen LogP contribution in [-0.2, 0) is 19.6 Å². The molecule has 0 aromatic carbocycles. The molecule has 0 aliphatic rings. The first-order chi connectivity index (χ1) is 7.10. The molecule has 0 aromatic rings. The number of esters is 1. The number of halogens is 3. The molecule has 0 aliphatic carbocycles. The minimum Gasteiger partial charge on any atom is -0.464 e. The van der Waals surface area contributed by atoms with Gasteiger partial charge in [0.25, 0.3) is 0 Å². The minimum atomic E-state index is -5.40. The van der Waals surface area contributed by atoms with Crippen molar-refractivity contribution in [3.63, 3.8) is 0 Å². The van der Waals surface area contributed by atoms with Crippen LogP contribution in [0.25, 0.3) is 0 Å². The van der Waals surface area contributed by atoms with Crippen LogP contribution in [0.15, 0.2) is 0 Å². The molecular formula is C7H12F3NO4S. The number of alkyl halides is 3. The second kappa shape index (κ2) is 5.48. The summed E-state index contributed by atoms with van der Waals surface area (Å²) in [4.78, 5) is 10.4. The summed E-state index contributed by atoms with van der Waals surface area (Å²) >= 11 is 0. The fraction of sp³-hybridized carbons (Fsp3) is 0.857. The minimum absolute atomic E-state index is 0.0720. The molecule has 0 aromatic heterocycles. The van der Waals surface area contributed by atoms with Crippen molar-refractivity contribution in [2.45, 2.75) is 31.8 Å². The molecule has 1 atom stereocenters. The lowest BCUT2D eigenvalue weighted by atomic mass is 10.3. The highest BCUT2D eigenvalue weighted by Gasteiger charge is 2.46. The molecule has 9 heteroatoms. The second-order valence-electron chi connectivity index (χ2n) is 2.97. The van der Waals surface area contributed by atoms with Crippen LogP contribution in [0.1, 0.15) is 20.3 Å². The SMILES string of the molecule is CC[C@@H](COC(C)=O)NS(=O)(=O)C(F)(F)F. The van der Waals surface area contributed by atoms with E-state index < -0.39 is 34.1 Å². The zero-order chi connectivity index (χ0) is 13.0. The lowest BCUT2D eigenvalue weighted by molar-refractivity contribution is -0.141. The molecule has 0 amide bonds. The largest absolute Gasteiger partial charge is 0.511 e. The third kappa shape index (κ3) is 4.79. The number of sulfonamides is 1. The van der Waals surface area contributed by atoms with Gasteiger partial charge in [0.05, 0.1) is 6.04 Å². The van der Waals surface area contributed by atoms with Crippen molar-refractivity contribution in [2.24, 2.45) is 0 Å². The molecule has 0 aliphatic heterocycles. The van der Waals surface area contributed by atoms with Gasteiger partial charge in [-0.25, -0.2) is 13.1 Å². The quantitative estimate of drug-likeness (QED) is 0.743. The number of hydrogen-bond acceptors (Lipinski definition) is 4. The van der Waals surface area contributed by atoms with Gasteiger partial charge in [0.15, 0.2) is 0 Å². The van der Waals surface area contributed by atoms with Crippen LogP contribution in [0.4, 0.5) is 13.2 Å². The Kier molecular flexibility index (Phi) is 5.20. The van der Waals surface area contributed by atoms with Crippen molar-refractivity contribution >= 4 is 16.0 Å². The normalized spacial score (nSPS) is 14.6. The number of carbonyl (C=O) groups is 1. The van der Waals surface area contributed by atoms with E-state index >= 15 is 0 Å². The van der Waals surface area contributed by atoms with E-state index in [0.29, 0.717) is 0 Å². The summed E-state index contributed by atoms with van der Waals surface area (Å²) in [5.74, 6) is -0.690. The van der Waals surface area contributed by atoms with E-state index in [9.17, 15) is 26.4 Å². The molecule has 16 heavy (non-hydrogen) atoms. The molecule has 0 unspecified atom stereocenters. The van der Waals surface area contributed by atoms with E-state index in [2.05, 4.69) is 4.74 Å². The maximum absolute atomic E-state index is 12.0. The predicted molar refractivity (Wildman–Crippen MR) is 48.8 cm³/mol. The van der Waals surface area contributed by atoms with Crippen LogP contribution in [0, 0.1) is 0 Å². The topological polar surface area (TPSA) is 72.5 Å². The molecule has 96 valence electrons. The summed E-state index contributed by atoms with van der Waals surface area (Å²) in [5.41, 5.74) is -5.36. The third-order valence-corrected chi connectivity index (χ3v) is 2.86. The fourth-order valence-electron chi connectivity index (χ4n) is 0.739. The first kappa shape index (κ1) is 15.2. The summed E-state index contributed by atoms with van der Waals surface area (Å²) in [6.45, 7) is 2.11. The molecular weight excluding hydrogens is 251 g/mol. The molecule has 0 saturated heterocycles. The molecule has 0 spiro atoms.